The highest BCUT2D eigenvalue weighted by Gasteiger charge is 2.00. The van der Waals surface area contributed by atoms with Gasteiger partial charge in [0.25, 0.3) is 0 Å². The summed E-state index contributed by atoms with van der Waals surface area (Å²) in [5.41, 5.74) is 0. The van der Waals surface area contributed by atoms with Crippen LogP contribution in [0.5, 0.6) is 0 Å². The van der Waals surface area contributed by atoms with E-state index in [1.165, 1.54) is 0 Å². The Bertz CT molecular complexity index is 247. The smallest absolute Gasteiger partial charge is 0.189 e. The molecule has 0 unspecified atom stereocenters. The highest BCUT2D eigenvalue weighted by molar-refractivity contribution is 9.11. The van der Waals surface area contributed by atoms with Gasteiger partial charge in [-0.15, -0.1) is 0 Å². The van der Waals surface area contributed by atoms with E-state index in [0.29, 0.717) is 0 Å². The molecule has 0 amide bonds. The van der Waals surface area contributed by atoms with E-state index in [-0.39, 0.29) is 0 Å². The van der Waals surface area contributed by atoms with Crippen molar-refractivity contribution < 1.29 is 0 Å². The average Bonchev–Trinajstić information content (AvgIpc) is 1.99. The quantitative estimate of drug-likeness (QED) is 0.485. The Hall–Kier alpha value is 0.390. The highest BCUT2D eigenvalue weighted by atomic mass is 79.9. The van der Waals surface area contributed by atoms with E-state index in [4.69, 9.17) is 0 Å². The van der Waals surface area contributed by atoms with Gasteiger partial charge in [0.05, 0.1) is 0 Å². The molecular formula is C7H8Br2N2S. The summed E-state index contributed by atoms with van der Waals surface area (Å²) in [7, 11) is 0. The minimum absolute atomic E-state index is 0.818. The number of halogens is 2. The Morgan fingerprint density at radius 1 is 1.33 bits per heavy atom. The Morgan fingerprint density at radius 3 is 2.42 bits per heavy atom. The lowest BCUT2D eigenvalue weighted by Gasteiger charge is -1.98. The van der Waals surface area contributed by atoms with Crippen molar-refractivity contribution in [1.29, 1.82) is 0 Å². The van der Waals surface area contributed by atoms with Crippen LogP contribution in [-0.2, 0) is 0 Å². The average molecular weight is 312 g/mol. The molecule has 0 atom stereocenters. The standard InChI is InChI=1S/C7H8Br2N2S/c1-2-3-12-7-10-5(8)4-6(9)11-7/h4H,2-3H2,1H3. The molecule has 0 aliphatic rings. The number of hydrogen-bond donors (Lipinski definition) is 0. The van der Waals surface area contributed by atoms with Crippen molar-refractivity contribution in [1.82, 2.24) is 9.97 Å². The maximum absolute atomic E-state index is 4.21. The fourth-order valence-electron chi connectivity index (χ4n) is 0.628. The molecule has 0 aliphatic carbocycles. The molecule has 0 saturated heterocycles. The fraction of sp³-hybridized carbons (Fsp3) is 0.429. The predicted octanol–water partition coefficient (Wildman–Crippen LogP) is 3.50. The van der Waals surface area contributed by atoms with Crippen LogP contribution in [-0.4, -0.2) is 15.7 Å². The van der Waals surface area contributed by atoms with Gasteiger partial charge in [0.15, 0.2) is 5.16 Å². The molecule has 66 valence electrons. The molecule has 2 nitrogen and oxygen atoms in total. The third-order valence-corrected chi connectivity index (χ3v) is 2.94. The number of rotatable bonds is 3. The van der Waals surface area contributed by atoms with Crippen molar-refractivity contribution in [2.75, 3.05) is 5.75 Å². The van der Waals surface area contributed by atoms with Gasteiger partial charge in [0.2, 0.25) is 0 Å². The van der Waals surface area contributed by atoms with Crippen LogP contribution in [0.1, 0.15) is 13.3 Å². The summed E-state index contributed by atoms with van der Waals surface area (Å²) in [4.78, 5) is 8.42. The Kier molecular flexibility index (Phi) is 4.53. The minimum Gasteiger partial charge on any atom is -0.215 e. The molecule has 1 heterocycles. The van der Waals surface area contributed by atoms with Gasteiger partial charge in [-0.25, -0.2) is 9.97 Å². The number of hydrogen-bond acceptors (Lipinski definition) is 3. The number of thioether (sulfide) groups is 1. The van der Waals surface area contributed by atoms with Crippen molar-refractivity contribution in [3.8, 4) is 0 Å². The van der Waals surface area contributed by atoms with Gasteiger partial charge in [0.1, 0.15) is 9.21 Å². The highest BCUT2D eigenvalue weighted by Crippen LogP contribution is 2.20. The first-order chi connectivity index (χ1) is 5.72. The first-order valence-corrected chi connectivity index (χ1v) is 6.12. The fourth-order valence-corrected chi connectivity index (χ4v) is 2.65. The van der Waals surface area contributed by atoms with Crippen molar-refractivity contribution in [2.24, 2.45) is 0 Å². The minimum atomic E-state index is 0.818. The van der Waals surface area contributed by atoms with Crippen molar-refractivity contribution in [2.45, 2.75) is 18.5 Å². The maximum Gasteiger partial charge on any atom is 0.189 e. The van der Waals surface area contributed by atoms with Crippen molar-refractivity contribution in [3.05, 3.63) is 15.3 Å². The number of aromatic nitrogens is 2. The summed E-state index contributed by atoms with van der Waals surface area (Å²) in [6, 6.07) is 1.83. The molecule has 1 rings (SSSR count). The second-order valence-corrected chi connectivity index (χ2v) is 4.83. The van der Waals surface area contributed by atoms with E-state index < -0.39 is 0 Å². The predicted molar refractivity (Wildman–Crippen MR) is 58.4 cm³/mol. The normalized spacial score (nSPS) is 10.2. The second-order valence-electron chi connectivity index (χ2n) is 2.14. The SMILES string of the molecule is CCCSc1nc(Br)cc(Br)n1. The van der Waals surface area contributed by atoms with Gasteiger partial charge in [0, 0.05) is 11.8 Å². The lowest BCUT2D eigenvalue weighted by Crippen LogP contribution is -1.88. The molecule has 5 heteroatoms. The third kappa shape index (κ3) is 3.41. The Morgan fingerprint density at radius 2 is 1.92 bits per heavy atom. The molecule has 1 aromatic heterocycles. The summed E-state index contributed by atoms with van der Waals surface area (Å²) in [6.45, 7) is 2.14. The number of nitrogens with zero attached hydrogens (tertiary/aromatic N) is 2. The Labute approximate surface area is 92.8 Å². The van der Waals surface area contributed by atoms with Crippen LogP contribution in [0, 0.1) is 0 Å². The lowest BCUT2D eigenvalue weighted by molar-refractivity contribution is 0.927. The maximum atomic E-state index is 4.21. The van der Waals surface area contributed by atoms with Crippen LogP contribution in [0.4, 0.5) is 0 Å². The van der Waals surface area contributed by atoms with Crippen LogP contribution in [0.2, 0.25) is 0 Å². The van der Waals surface area contributed by atoms with Crippen LogP contribution < -0.4 is 0 Å². The van der Waals surface area contributed by atoms with Gasteiger partial charge in [-0.3, -0.25) is 0 Å². The first kappa shape index (κ1) is 10.5. The summed E-state index contributed by atoms with van der Waals surface area (Å²) in [5, 5.41) is 0.818. The van der Waals surface area contributed by atoms with E-state index in [0.717, 1.165) is 26.5 Å². The molecular weight excluding hydrogens is 304 g/mol. The van der Waals surface area contributed by atoms with E-state index in [1.807, 2.05) is 6.07 Å². The van der Waals surface area contributed by atoms with E-state index in [2.05, 4.69) is 48.8 Å². The zero-order chi connectivity index (χ0) is 8.97. The molecule has 0 aromatic carbocycles. The Balaban J connectivity index is 2.72. The summed E-state index contributed by atoms with van der Waals surface area (Å²) in [5.74, 6) is 1.06. The van der Waals surface area contributed by atoms with Crippen molar-refractivity contribution in [3.63, 3.8) is 0 Å². The van der Waals surface area contributed by atoms with Crippen molar-refractivity contribution >= 4 is 43.6 Å². The van der Waals surface area contributed by atoms with Gasteiger partial charge in [-0.2, -0.15) is 0 Å². The van der Waals surface area contributed by atoms with Gasteiger partial charge >= 0.3 is 0 Å². The zero-order valence-electron chi connectivity index (χ0n) is 6.55. The van der Waals surface area contributed by atoms with Gasteiger partial charge in [-0.1, -0.05) is 18.7 Å². The molecule has 1 aromatic rings. The molecule has 0 aliphatic heterocycles. The summed E-state index contributed by atoms with van der Waals surface area (Å²) < 4.78 is 1.64. The largest absolute Gasteiger partial charge is 0.215 e. The zero-order valence-corrected chi connectivity index (χ0v) is 10.5. The third-order valence-electron chi connectivity index (χ3n) is 1.08. The molecule has 0 fully saturated rings. The van der Waals surface area contributed by atoms with Gasteiger partial charge in [-0.05, 0) is 38.3 Å². The van der Waals surface area contributed by atoms with E-state index >= 15 is 0 Å². The van der Waals surface area contributed by atoms with Gasteiger partial charge < -0.3 is 0 Å². The molecule has 0 saturated carbocycles. The first-order valence-electron chi connectivity index (χ1n) is 3.55. The topological polar surface area (TPSA) is 25.8 Å². The molecule has 12 heavy (non-hydrogen) atoms. The van der Waals surface area contributed by atoms with Crippen LogP contribution in [0.25, 0.3) is 0 Å². The van der Waals surface area contributed by atoms with Crippen LogP contribution >= 0.6 is 43.6 Å². The van der Waals surface area contributed by atoms with E-state index in [1.54, 1.807) is 11.8 Å². The van der Waals surface area contributed by atoms with Crippen LogP contribution in [0.15, 0.2) is 20.4 Å². The second kappa shape index (κ2) is 5.19. The summed E-state index contributed by atoms with van der Waals surface area (Å²) in [6.07, 6.45) is 1.14. The lowest BCUT2D eigenvalue weighted by atomic mass is 10.6. The monoisotopic (exact) mass is 310 g/mol. The van der Waals surface area contributed by atoms with Crippen LogP contribution in [0.3, 0.4) is 0 Å². The molecule has 0 bridgehead atoms. The summed E-state index contributed by atoms with van der Waals surface area (Å²) >= 11 is 8.29. The van der Waals surface area contributed by atoms with E-state index in [9.17, 15) is 0 Å². The molecule has 0 spiro atoms. The molecule has 0 N–H and O–H groups in total. The molecule has 0 radical (unpaired) electrons.